The number of Topliss-reactive ketones (excluding diaryl/α,β-unsaturated/α-hetero) is 1. The molecule has 0 unspecified atom stereocenters. The van der Waals surface area contributed by atoms with Gasteiger partial charge in [-0.2, -0.15) is 0 Å². The first-order valence-corrected chi connectivity index (χ1v) is 9.07. The summed E-state index contributed by atoms with van der Waals surface area (Å²) in [7, 11) is 3.14. The molecule has 4 nitrogen and oxygen atoms in total. The van der Waals surface area contributed by atoms with E-state index in [1.54, 1.807) is 74.9 Å². The molecule has 3 aromatic rings. The van der Waals surface area contributed by atoms with Crippen molar-refractivity contribution < 1.29 is 19.4 Å². The summed E-state index contributed by atoms with van der Waals surface area (Å²) in [5.74, 6) is 1.08. The van der Waals surface area contributed by atoms with Crippen LogP contribution in [0.2, 0.25) is 0 Å². The number of methoxy groups -OCH3 is 2. The van der Waals surface area contributed by atoms with Crippen molar-refractivity contribution in [3.63, 3.8) is 0 Å². The van der Waals surface area contributed by atoms with Gasteiger partial charge in [0, 0.05) is 12.0 Å². The maximum atomic E-state index is 13.0. The van der Waals surface area contributed by atoms with Crippen molar-refractivity contribution in [3.05, 3.63) is 95.1 Å². The van der Waals surface area contributed by atoms with E-state index in [-0.39, 0.29) is 12.2 Å². The van der Waals surface area contributed by atoms with Crippen molar-refractivity contribution in [2.45, 2.75) is 18.9 Å². The molecule has 0 aromatic heterocycles. The minimum atomic E-state index is -1.52. The summed E-state index contributed by atoms with van der Waals surface area (Å²) in [6.45, 7) is 1.97. The van der Waals surface area contributed by atoms with Crippen LogP contribution in [0.15, 0.2) is 72.8 Å². The minimum absolute atomic E-state index is 0.101. The molecule has 4 heteroatoms. The maximum absolute atomic E-state index is 13.0. The highest BCUT2D eigenvalue weighted by atomic mass is 16.5. The van der Waals surface area contributed by atoms with Crippen LogP contribution in [0.25, 0.3) is 0 Å². The van der Waals surface area contributed by atoms with Gasteiger partial charge in [-0.05, 0) is 42.3 Å². The third-order valence-corrected chi connectivity index (χ3v) is 4.88. The monoisotopic (exact) mass is 376 g/mol. The van der Waals surface area contributed by atoms with E-state index in [9.17, 15) is 9.90 Å². The van der Waals surface area contributed by atoms with E-state index < -0.39 is 5.60 Å². The Kier molecular flexibility index (Phi) is 5.81. The first kappa shape index (κ1) is 19.6. The second-order valence-electron chi connectivity index (χ2n) is 6.79. The largest absolute Gasteiger partial charge is 0.497 e. The molecule has 0 fully saturated rings. The lowest BCUT2D eigenvalue weighted by molar-refractivity contribution is 0.0580. The average molecular weight is 376 g/mol. The van der Waals surface area contributed by atoms with Gasteiger partial charge < -0.3 is 14.6 Å². The Morgan fingerprint density at radius 1 is 0.857 bits per heavy atom. The van der Waals surface area contributed by atoms with E-state index in [1.165, 1.54) is 0 Å². The normalized spacial score (nSPS) is 11.1. The van der Waals surface area contributed by atoms with Crippen LogP contribution >= 0.6 is 0 Å². The third-order valence-electron chi connectivity index (χ3n) is 4.88. The number of aliphatic hydroxyl groups is 1. The Balaban J connectivity index is 2.07. The first-order valence-electron chi connectivity index (χ1n) is 9.07. The van der Waals surface area contributed by atoms with Crippen molar-refractivity contribution in [1.29, 1.82) is 0 Å². The summed E-state index contributed by atoms with van der Waals surface area (Å²) in [4.78, 5) is 13.0. The van der Waals surface area contributed by atoms with Gasteiger partial charge in [-0.25, -0.2) is 0 Å². The molecule has 0 bridgehead atoms. The molecular formula is C24H24O4. The van der Waals surface area contributed by atoms with Gasteiger partial charge in [-0.3, -0.25) is 4.79 Å². The van der Waals surface area contributed by atoms with Gasteiger partial charge in [0.25, 0.3) is 0 Å². The summed E-state index contributed by atoms with van der Waals surface area (Å²) in [5.41, 5.74) is 1.29. The zero-order valence-electron chi connectivity index (χ0n) is 16.3. The quantitative estimate of drug-likeness (QED) is 0.616. The van der Waals surface area contributed by atoms with E-state index in [0.717, 1.165) is 5.56 Å². The highest BCUT2D eigenvalue weighted by Gasteiger charge is 2.35. The van der Waals surface area contributed by atoms with E-state index in [0.29, 0.717) is 28.2 Å². The fourth-order valence-electron chi connectivity index (χ4n) is 3.21. The molecule has 0 aliphatic heterocycles. The molecule has 0 heterocycles. The lowest BCUT2D eigenvalue weighted by Gasteiger charge is -2.29. The number of ketones is 1. The van der Waals surface area contributed by atoms with Crippen molar-refractivity contribution in [2.75, 3.05) is 14.2 Å². The van der Waals surface area contributed by atoms with Gasteiger partial charge in [0.2, 0.25) is 0 Å². The first-order chi connectivity index (χ1) is 13.5. The lowest BCUT2D eigenvalue weighted by Crippen LogP contribution is -2.30. The summed E-state index contributed by atoms with van der Waals surface area (Å²) in [5, 5.41) is 11.7. The molecule has 1 N–H and O–H groups in total. The van der Waals surface area contributed by atoms with Gasteiger partial charge in [-0.15, -0.1) is 0 Å². The van der Waals surface area contributed by atoms with Crippen LogP contribution < -0.4 is 9.47 Å². The molecule has 144 valence electrons. The molecule has 3 rings (SSSR count). The van der Waals surface area contributed by atoms with E-state index in [2.05, 4.69) is 0 Å². The van der Waals surface area contributed by atoms with E-state index in [4.69, 9.17) is 9.47 Å². The molecule has 0 saturated carbocycles. The third kappa shape index (κ3) is 4.07. The van der Waals surface area contributed by atoms with Gasteiger partial charge in [0.1, 0.15) is 17.1 Å². The Labute approximate surface area is 165 Å². The predicted octanol–water partition coefficient (Wildman–Crippen LogP) is 4.52. The summed E-state index contributed by atoms with van der Waals surface area (Å²) in [6.07, 6.45) is -0.101. The van der Waals surface area contributed by atoms with E-state index >= 15 is 0 Å². The highest BCUT2D eigenvalue weighted by molar-refractivity contribution is 5.97. The highest BCUT2D eigenvalue weighted by Crippen LogP contribution is 2.37. The fraction of sp³-hybridized carbons (Fsp3) is 0.208. The Morgan fingerprint density at radius 3 is 1.82 bits per heavy atom. The number of hydrogen-bond acceptors (Lipinski definition) is 4. The van der Waals surface area contributed by atoms with Crippen LogP contribution in [-0.4, -0.2) is 25.1 Å². The van der Waals surface area contributed by atoms with Crippen LogP contribution in [0.1, 0.15) is 33.5 Å². The van der Waals surface area contributed by atoms with Crippen molar-refractivity contribution >= 4 is 5.78 Å². The molecule has 0 radical (unpaired) electrons. The summed E-state index contributed by atoms with van der Waals surface area (Å²) in [6, 6.07) is 21.7. The number of hydrogen-bond donors (Lipinski definition) is 1. The van der Waals surface area contributed by atoms with Crippen LogP contribution in [0.3, 0.4) is 0 Å². The van der Waals surface area contributed by atoms with E-state index in [1.807, 2.05) is 19.1 Å². The van der Waals surface area contributed by atoms with Gasteiger partial charge in [0.15, 0.2) is 5.78 Å². The lowest BCUT2D eigenvalue weighted by atomic mass is 9.81. The molecule has 0 aliphatic carbocycles. The number of ether oxygens (including phenoxy) is 2. The van der Waals surface area contributed by atoms with Crippen LogP contribution in [0.4, 0.5) is 0 Å². The van der Waals surface area contributed by atoms with Crippen molar-refractivity contribution in [1.82, 2.24) is 0 Å². The SMILES string of the molecule is COc1cccc(C(O)(CC(=O)c2ccc(C)cc2)c2cccc(OC)c2)c1. The second-order valence-corrected chi connectivity index (χ2v) is 6.79. The van der Waals surface area contributed by atoms with Gasteiger partial charge in [0.05, 0.1) is 14.2 Å². The number of carbonyl (C=O) groups excluding carboxylic acids is 1. The maximum Gasteiger partial charge on any atom is 0.166 e. The Morgan fingerprint density at radius 2 is 1.36 bits per heavy atom. The average Bonchev–Trinajstić information content (AvgIpc) is 2.74. The molecule has 0 spiro atoms. The molecule has 0 atom stereocenters. The Hall–Kier alpha value is -3.11. The fourth-order valence-corrected chi connectivity index (χ4v) is 3.21. The van der Waals surface area contributed by atoms with Gasteiger partial charge in [-0.1, -0.05) is 54.1 Å². The number of carbonyl (C=O) groups is 1. The second kappa shape index (κ2) is 8.28. The molecular weight excluding hydrogens is 352 g/mol. The standard InChI is InChI=1S/C24H24O4/c1-17-10-12-18(13-11-17)23(25)16-24(26,19-6-4-8-21(14-19)27-2)20-7-5-9-22(15-20)28-3/h4-15,26H,16H2,1-3H3. The zero-order chi connectivity index (χ0) is 20.1. The topological polar surface area (TPSA) is 55.8 Å². The molecule has 28 heavy (non-hydrogen) atoms. The number of rotatable bonds is 7. The molecule has 3 aromatic carbocycles. The van der Waals surface area contributed by atoms with Gasteiger partial charge >= 0.3 is 0 Å². The smallest absolute Gasteiger partial charge is 0.166 e. The molecule has 0 amide bonds. The molecule has 0 saturated heterocycles. The number of benzene rings is 3. The van der Waals surface area contributed by atoms with Crippen molar-refractivity contribution in [2.24, 2.45) is 0 Å². The summed E-state index contributed by atoms with van der Waals surface area (Å²) >= 11 is 0. The van der Waals surface area contributed by atoms with Crippen LogP contribution in [0.5, 0.6) is 11.5 Å². The molecule has 0 aliphatic rings. The zero-order valence-corrected chi connectivity index (χ0v) is 16.3. The minimum Gasteiger partial charge on any atom is -0.497 e. The van der Waals surface area contributed by atoms with Crippen LogP contribution in [-0.2, 0) is 5.60 Å². The Bertz CT molecular complexity index is 913. The van der Waals surface area contributed by atoms with Crippen LogP contribution in [0, 0.1) is 6.92 Å². The van der Waals surface area contributed by atoms with Crippen molar-refractivity contribution in [3.8, 4) is 11.5 Å². The predicted molar refractivity (Wildman–Crippen MR) is 109 cm³/mol. The number of aryl methyl sites for hydroxylation is 1. The summed E-state index contributed by atoms with van der Waals surface area (Å²) < 4.78 is 10.6.